The van der Waals surface area contributed by atoms with E-state index in [9.17, 15) is 14.0 Å². The number of halogens is 1. The van der Waals surface area contributed by atoms with Crippen LogP contribution in [0.15, 0.2) is 54.6 Å². The summed E-state index contributed by atoms with van der Waals surface area (Å²) in [7, 11) is 0. The number of hydrogen-bond acceptors (Lipinski definition) is 4. The first-order chi connectivity index (χ1) is 15.5. The van der Waals surface area contributed by atoms with Gasteiger partial charge < -0.3 is 15.0 Å². The summed E-state index contributed by atoms with van der Waals surface area (Å²) in [4.78, 5) is 29.8. The molecule has 0 aliphatic carbocycles. The Morgan fingerprint density at radius 3 is 2.44 bits per heavy atom. The first-order valence-electron chi connectivity index (χ1n) is 11.2. The minimum Gasteiger partial charge on any atom is -0.379 e. The van der Waals surface area contributed by atoms with Crippen LogP contribution in [0, 0.1) is 5.82 Å². The molecule has 2 aromatic rings. The van der Waals surface area contributed by atoms with E-state index in [-0.39, 0.29) is 24.2 Å². The Morgan fingerprint density at radius 1 is 1.06 bits per heavy atom. The largest absolute Gasteiger partial charge is 0.379 e. The van der Waals surface area contributed by atoms with Gasteiger partial charge in [0.1, 0.15) is 11.9 Å². The third kappa shape index (κ3) is 7.43. The van der Waals surface area contributed by atoms with Crippen molar-refractivity contribution in [1.82, 2.24) is 15.1 Å². The predicted octanol–water partition coefficient (Wildman–Crippen LogP) is 2.62. The van der Waals surface area contributed by atoms with E-state index in [1.165, 1.54) is 12.1 Å². The zero-order valence-corrected chi connectivity index (χ0v) is 18.6. The molecule has 2 aromatic carbocycles. The van der Waals surface area contributed by atoms with Crippen LogP contribution < -0.4 is 5.32 Å². The first-order valence-corrected chi connectivity index (χ1v) is 11.2. The van der Waals surface area contributed by atoms with Gasteiger partial charge in [0.25, 0.3) is 0 Å². The van der Waals surface area contributed by atoms with Gasteiger partial charge in [-0.25, -0.2) is 4.39 Å². The molecular weight excluding hydrogens is 409 g/mol. The summed E-state index contributed by atoms with van der Waals surface area (Å²) in [6.07, 6.45) is 0.904. The molecule has 2 amide bonds. The van der Waals surface area contributed by atoms with Crippen molar-refractivity contribution in [3.8, 4) is 0 Å². The molecule has 172 valence electrons. The molecule has 6 nitrogen and oxygen atoms in total. The SMILES string of the molecule is CC(C(=O)NCCN1CCOCC1)N(Cc1ccc(F)cc1)C(=O)CCc1ccccc1. The smallest absolute Gasteiger partial charge is 0.242 e. The van der Waals surface area contributed by atoms with E-state index in [2.05, 4.69) is 10.2 Å². The highest BCUT2D eigenvalue weighted by atomic mass is 19.1. The lowest BCUT2D eigenvalue weighted by Gasteiger charge is -2.30. The summed E-state index contributed by atoms with van der Waals surface area (Å²) >= 11 is 0. The molecule has 0 aromatic heterocycles. The van der Waals surface area contributed by atoms with Crippen LogP contribution >= 0.6 is 0 Å². The molecule has 0 spiro atoms. The maximum absolute atomic E-state index is 13.3. The number of aryl methyl sites for hydroxylation is 1. The topological polar surface area (TPSA) is 61.9 Å². The average molecular weight is 442 g/mol. The molecule has 1 aliphatic rings. The number of nitrogens with zero attached hydrogens (tertiary/aromatic N) is 2. The maximum Gasteiger partial charge on any atom is 0.242 e. The van der Waals surface area contributed by atoms with Crippen LogP contribution in [0.5, 0.6) is 0 Å². The number of nitrogens with one attached hydrogen (secondary N) is 1. The van der Waals surface area contributed by atoms with Gasteiger partial charge in [0.15, 0.2) is 0 Å². The molecule has 3 rings (SSSR count). The van der Waals surface area contributed by atoms with Gasteiger partial charge in [0.2, 0.25) is 11.8 Å². The number of benzene rings is 2. The Morgan fingerprint density at radius 2 is 1.75 bits per heavy atom. The molecule has 1 saturated heterocycles. The van der Waals surface area contributed by atoms with Crippen molar-refractivity contribution >= 4 is 11.8 Å². The second kappa shape index (κ2) is 12.3. The highest BCUT2D eigenvalue weighted by molar-refractivity contribution is 5.87. The van der Waals surface area contributed by atoms with E-state index in [1.54, 1.807) is 24.0 Å². The highest BCUT2D eigenvalue weighted by Gasteiger charge is 2.26. The summed E-state index contributed by atoms with van der Waals surface area (Å²) in [6, 6.07) is 15.2. The molecule has 1 aliphatic heterocycles. The lowest BCUT2D eigenvalue weighted by molar-refractivity contribution is -0.140. The Bertz CT molecular complexity index is 854. The molecule has 0 bridgehead atoms. The second-order valence-corrected chi connectivity index (χ2v) is 8.05. The van der Waals surface area contributed by atoms with E-state index < -0.39 is 6.04 Å². The number of carbonyl (C=O) groups is 2. The van der Waals surface area contributed by atoms with Crippen molar-refractivity contribution in [3.05, 3.63) is 71.5 Å². The van der Waals surface area contributed by atoms with Crippen LogP contribution in [0.1, 0.15) is 24.5 Å². The van der Waals surface area contributed by atoms with E-state index in [4.69, 9.17) is 4.74 Å². The van der Waals surface area contributed by atoms with Crippen molar-refractivity contribution in [3.63, 3.8) is 0 Å². The van der Waals surface area contributed by atoms with Crippen LogP contribution in [-0.2, 0) is 27.3 Å². The van der Waals surface area contributed by atoms with Crippen molar-refractivity contribution in [1.29, 1.82) is 0 Å². The second-order valence-electron chi connectivity index (χ2n) is 8.05. The first kappa shape index (κ1) is 23.9. The van der Waals surface area contributed by atoms with Gasteiger partial charge in [-0.2, -0.15) is 0 Å². The Hall–Kier alpha value is -2.77. The van der Waals surface area contributed by atoms with Gasteiger partial charge in [-0.3, -0.25) is 14.5 Å². The summed E-state index contributed by atoms with van der Waals surface area (Å²) in [5.41, 5.74) is 1.86. The number of ether oxygens (including phenoxy) is 1. The van der Waals surface area contributed by atoms with E-state index in [0.717, 1.165) is 30.8 Å². The fourth-order valence-corrected chi connectivity index (χ4v) is 3.72. The summed E-state index contributed by atoms with van der Waals surface area (Å²) in [6.45, 7) is 6.42. The molecule has 7 heteroatoms. The Balaban J connectivity index is 1.60. The van der Waals surface area contributed by atoms with Gasteiger partial charge >= 0.3 is 0 Å². The van der Waals surface area contributed by atoms with Crippen molar-refractivity contribution < 1.29 is 18.7 Å². The summed E-state index contributed by atoms with van der Waals surface area (Å²) in [5.74, 6) is -0.618. The quantitative estimate of drug-likeness (QED) is 0.616. The number of hydrogen-bond donors (Lipinski definition) is 1. The summed E-state index contributed by atoms with van der Waals surface area (Å²) < 4.78 is 18.7. The Kier molecular flexibility index (Phi) is 9.19. The standard InChI is InChI=1S/C25H32FN3O3/c1-20(25(31)27-13-14-28-15-17-32-18-16-28)29(19-22-7-10-23(26)11-8-22)24(30)12-9-21-5-3-2-4-6-21/h2-8,10-11,20H,9,12-19H2,1H3,(H,27,31). The lowest BCUT2D eigenvalue weighted by Crippen LogP contribution is -2.49. The maximum atomic E-state index is 13.3. The fourth-order valence-electron chi connectivity index (χ4n) is 3.72. The number of amides is 2. The summed E-state index contributed by atoms with van der Waals surface area (Å²) in [5, 5.41) is 2.96. The predicted molar refractivity (Wildman–Crippen MR) is 121 cm³/mol. The van der Waals surface area contributed by atoms with Gasteiger partial charge in [-0.1, -0.05) is 42.5 Å². The third-order valence-electron chi connectivity index (χ3n) is 5.73. The number of rotatable bonds is 10. The van der Waals surface area contributed by atoms with Crippen LogP contribution in [-0.4, -0.2) is 67.0 Å². The molecule has 0 saturated carbocycles. The van der Waals surface area contributed by atoms with Crippen LogP contribution in [0.25, 0.3) is 0 Å². The van der Waals surface area contributed by atoms with Gasteiger partial charge in [-0.15, -0.1) is 0 Å². The normalized spacial score (nSPS) is 15.2. The third-order valence-corrected chi connectivity index (χ3v) is 5.73. The van der Waals surface area contributed by atoms with Crippen LogP contribution in [0.4, 0.5) is 4.39 Å². The zero-order valence-electron chi connectivity index (χ0n) is 18.6. The monoisotopic (exact) mass is 441 g/mol. The van der Waals surface area contributed by atoms with Crippen LogP contribution in [0.3, 0.4) is 0 Å². The molecule has 1 unspecified atom stereocenters. The minimum atomic E-state index is -0.631. The van der Waals surface area contributed by atoms with Crippen molar-refractivity contribution in [2.45, 2.75) is 32.4 Å². The van der Waals surface area contributed by atoms with Crippen LogP contribution in [0.2, 0.25) is 0 Å². The van der Waals surface area contributed by atoms with Crippen molar-refractivity contribution in [2.75, 3.05) is 39.4 Å². The Labute approximate surface area is 189 Å². The molecule has 32 heavy (non-hydrogen) atoms. The molecule has 0 radical (unpaired) electrons. The van der Waals surface area contributed by atoms with Gasteiger partial charge in [-0.05, 0) is 36.6 Å². The van der Waals surface area contributed by atoms with Crippen molar-refractivity contribution in [2.24, 2.45) is 0 Å². The molecule has 1 N–H and O–H groups in total. The minimum absolute atomic E-state index is 0.103. The highest BCUT2D eigenvalue weighted by Crippen LogP contribution is 2.14. The molecular formula is C25H32FN3O3. The number of carbonyl (C=O) groups excluding carboxylic acids is 2. The van der Waals surface area contributed by atoms with Gasteiger partial charge in [0.05, 0.1) is 13.2 Å². The zero-order chi connectivity index (χ0) is 22.8. The molecule has 1 heterocycles. The average Bonchev–Trinajstić information content (AvgIpc) is 2.83. The van der Waals surface area contributed by atoms with E-state index >= 15 is 0 Å². The van der Waals surface area contributed by atoms with E-state index in [0.29, 0.717) is 32.6 Å². The van der Waals surface area contributed by atoms with E-state index in [1.807, 2.05) is 30.3 Å². The lowest BCUT2D eigenvalue weighted by atomic mass is 10.1. The van der Waals surface area contributed by atoms with Gasteiger partial charge in [0, 0.05) is 39.1 Å². The fraction of sp³-hybridized carbons (Fsp3) is 0.440. The number of morpholine rings is 1. The molecule has 1 atom stereocenters. The molecule has 1 fully saturated rings.